The summed E-state index contributed by atoms with van der Waals surface area (Å²) >= 11 is 0. The minimum atomic E-state index is -1.80. The van der Waals surface area contributed by atoms with Crippen LogP contribution >= 0.6 is 0 Å². The fourth-order valence-corrected chi connectivity index (χ4v) is 2.38. The average molecular weight is 258 g/mol. The molecular formula is C13H15BN2O3. The molecule has 1 aliphatic carbocycles. The van der Waals surface area contributed by atoms with Crippen LogP contribution in [-0.2, 0) is 6.42 Å². The number of aromatic nitrogens is 2. The van der Waals surface area contributed by atoms with Crippen LogP contribution < -0.4 is 4.65 Å². The zero-order valence-electron chi connectivity index (χ0n) is 10.9. The van der Waals surface area contributed by atoms with Crippen molar-refractivity contribution >= 4 is 7.32 Å². The molecule has 1 heterocycles. The van der Waals surface area contributed by atoms with Crippen LogP contribution in [0, 0.1) is 0 Å². The van der Waals surface area contributed by atoms with Gasteiger partial charge in [0, 0.05) is 29.8 Å². The smallest absolute Gasteiger partial charge is 0.512 e. The van der Waals surface area contributed by atoms with Gasteiger partial charge in [-0.15, -0.1) is 0 Å². The number of fused-ring (bicyclic) bond motifs is 3. The van der Waals surface area contributed by atoms with Gasteiger partial charge in [0.05, 0.1) is 5.69 Å². The van der Waals surface area contributed by atoms with Crippen LogP contribution in [0.2, 0.25) is 0 Å². The maximum absolute atomic E-state index is 8.84. The molecular weight excluding hydrogens is 243 g/mol. The summed E-state index contributed by atoms with van der Waals surface area (Å²) in [6.07, 6.45) is 2.93. The Bertz CT molecular complexity index is 622. The van der Waals surface area contributed by atoms with Gasteiger partial charge in [0.2, 0.25) is 0 Å². The highest BCUT2D eigenvalue weighted by Crippen LogP contribution is 2.38. The summed E-state index contributed by atoms with van der Waals surface area (Å²) in [6, 6.07) is 5.81. The van der Waals surface area contributed by atoms with E-state index in [0.29, 0.717) is 11.8 Å². The minimum absolute atomic E-state index is 0.327. The molecule has 1 aliphatic rings. The molecule has 98 valence electrons. The van der Waals surface area contributed by atoms with Crippen LogP contribution in [0.15, 0.2) is 24.4 Å². The molecule has 0 saturated heterocycles. The van der Waals surface area contributed by atoms with Gasteiger partial charge in [0.15, 0.2) is 0 Å². The Balaban J connectivity index is 2.00. The van der Waals surface area contributed by atoms with Crippen molar-refractivity contribution in [2.24, 2.45) is 0 Å². The molecule has 0 fully saturated rings. The monoisotopic (exact) mass is 258 g/mol. The quantitative estimate of drug-likeness (QED) is 0.696. The molecule has 0 atom stereocenters. The first-order chi connectivity index (χ1) is 9.04. The summed E-state index contributed by atoms with van der Waals surface area (Å²) in [4.78, 5) is 0. The number of hydrogen-bond acceptors (Lipinski definition) is 4. The maximum Gasteiger partial charge on any atom is 0.707 e. The fourth-order valence-electron chi connectivity index (χ4n) is 2.38. The molecule has 0 aliphatic heterocycles. The molecule has 1 aromatic heterocycles. The van der Waals surface area contributed by atoms with E-state index < -0.39 is 7.32 Å². The lowest BCUT2D eigenvalue weighted by Gasteiger charge is -2.08. The van der Waals surface area contributed by atoms with E-state index in [2.05, 4.69) is 25.1 Å². The van der Waals surface area contributed by atoms with Crippen LogP contribution in [0.4, 0.5) is 0 Å². The van der Waals surface area contributed by atoms with E-state index in [0.717, 1.165) is 17.7 Å². The molecule has 0 saturated carbocycles. The standard InChI is InChI=1S/C13H15BN2O3/c1-8(2)16-7-10-5-9-3-4-11(19-14(17)18)6-12(9)13(10)15-16/h3-4,6-8,17-18H,5H2,1-2H3. The van der Waals surface area contributed by atoms with Gasteiger partial charge in [-0.1, -0.05) is 6.07 Å². The number of nitrogens with zero attached hydrogens (tertiary/aromatic N) is 2. The fraction of sp³-hybridized carbons (Fsp3) is 0.308. The summed E-state index contributed by atoms with van der Waals surface area (Å²) < 4.78 is 6.83. The van der Waals surface area contributed by atoms with Crippen LogP contribution in [0.5, 0.6) is 5.75 Å². The molecule has 2 N–H and O–H groups in total. The number of rotatable bonds is 3. The van der Waals surface area contributed by atoms with Gasteiger partial charge >= 0.3 is 7.32 Å². The summed E-state index contributed by atoms with van der Waals surface area (Å²) in [7, 11) is -1.80. The van der Waals surface area contributed by atoms with E-state index in [4.69, 9.17) is 14.7 Å². The molecule has 3 rings (SSSR count). The Kier molecular flexibility index (Phi) is 2.84. The van der Waals surface area contributed by atoms with E-state index in [-0.39, 0.29) is 0 Å². The first kappa shape index (κ1) is 12.3. The Morgan fingerprint density at radius 2 is 2.11 bits per heavy atom. The number of hydrogen-bond donors (Lipinski definition) is 2. The van der Waals surface area contributed by atoms with Crippen molar-refractivity contribution in [3.8, 4) is 17.0 Å². The largest absolute Gasteiger partial charge is 0.707 e. The normalized spacial score (nSPS) is 12.5. The van der Waals surface area contributed by atoms with Crippen molar-refractivity contribution in [3.05, 3.63) is 35.5 Å². The maximum atomic E-state index is 8.84. The predicted octanol–water partition coefficient (Wildman–Crippen LogP) is 1.38. The van der Waals surface area contributed by atoms with Gasteiger partial charge in [0.25, 0.3) is 0 Å². The van der Waals surface area contributed by atoms with Crippen LogP contribution in [0.25, 0.3) is 11.3 Å². The Labute approximate surface area is 111 Å². The highest BCUT2D eigenvalue weighted by molar-refractivity contribution is 6.33. The van der Waals surface area contributed by atoms with Crippen molar-refractivity contribution in [1.82, 2.24) is 9.78 Å². The van der Waals surface area contributed by atoms with Crippen LogP contribution in [-0.4, -0.2) is 27.1 Å². The molecule has 0 bridgehead atoms. The van der Waals surface area contributed by atoms with E-state index >= 15 is 0 Å². The second-order valence-corrected chi connectivity index (χ2v) is 5.02. The zero-order valence-corrected chi connectivity index (χ0v) is 10.9. The van der Waals surface area contributed by atoms with Crippen molar-refractivity contribution in [3.63, 3.8) is 0 Å². The molecule has 0 radical (unpaired) electrons. The minimum Gasteiger partial charge on any atom is -0.512 e. The molecule has 0 spiro atoms. The molecule has 2 aromatic rings. The van der Waals surface area contributed by atoms with Gasteiger partial charge in [-0.25, -0.2) is 0 Å². The van der Waals surface area contributed by atoms with Crippen molar-refractivity contribution in [2.75, 3.05) is 0 Å². The molecule has 0 amide bonds. The lowest BCUT2D eigenvalue weighted by Crippen LogP contribution is -2.20. The molecule has 6 heteroatoms. The van der Waals surface area contributed by atoms with Gasteiger partial charge in [0.1, 0.15) is 5.75 Å². The summed E-state index contributed by atoms with van der Waals surface area (Å²) in [5.41, 5.74) is 4.35. The molecule has 0 unspecified atom stereocenters. The zero-order chi connectivity index (χ0) is 13.6. The topological polar surface area (TPSA) is 67.5 Å². The average Bonchev–Trinajstić information content (AvgIpc) is 2.85. The second kappa shape index (κ2) is 4.40. The Morgan fingerprint density at radius 1 is 1.32 bits per heavy atom. The highest BCUT2D eigenvalue weighted by Gasteiger charge is 2.24. The van der Waals surface area contributed by atoms with E-state index in [9.17, 15) is 0 Å². The first-order valence-electron chi connectivity index (χ1n) is 6.28. The summed E-state index contributed by atoms with van der Waals surface area (Å²) in [5.74, 6) is 0.431. The third-order valence-electron chi connectivity index (χ3n) is 3.30. The van der Waals surface area contributed by atoms with Crippen LogP contribution in [0.1, 0.15) is 31.0 Å². The summed E-state index contributed by atoms with van der Waals surface area (Å²) in [6.45, 7) is 4.18. The van der Waals surface area contributed by atoms with E-state index in [1.807, 2.05) is 10.7 Å². The lowest BCUT2D eigenvalue weighted by atomic mass is 10.1. The molecule has 19 heavy (non-hydrogen) atoms. The van der Waals surface area contributed by atoms with Crippen molar-refractivity contribution in [2.45, 2.75) is 26.3 Å². The van der Waals surface area contributed by atoms with E-state index in [1.54, 1.807) is 12.1 Å². The first-order valence-corrected chi connectivity index (χ1v) is 6.28. The number of benzene rings is 1. The second-order valence-electron chi connectivity index (χ2n) is 5.02. The molecule has 5 nitrogen and oxygen atoms in total. The van der Waals surface area contributed by atoms with Crippen LogP contribution in [0.3, 0.4) is 0 Å². The Hall–Kier alpha value is -1.79. The van der Waals surface area contributed by atoms with Crippen molar-refractivity contribution < 1.29 is 14.7 Å². The predicted molar refractivity (Wildman–Crippen MR) is 71.7 cm³/mol. The highest BCUT2D eigenvalue weighted by atomic mass is 16.6. The summed E-state index contributed by atoms with van der Waals surface area (Å²) in [5, 5.41) is 22.3. The Morgan fingerprint density at radius 3 is 2.79 bits per heavy atom. The van der Waals surface area contributed by atoms with Gasteiger partial charge < -0.3 is 14.7 Å². The van der Waals surface area contributed by atoms with Crippen molar-refractivity contribution in [1.29, 1.82) is 0 Å². The van der Waals surface area contributed by atoms with Gasteiger partial charge in [-0.05, 0) is 31.5 Å². The molecule has 1 aromatic carbocycles. The lowest BCUT2D eigenvalue weighted by molar-refractivity contribution is 0.288. The third kappa shape index (κ3) is 2.13. The van der Waals surface area contributed by atoms with E-state index in [1.165, 1.54) is 11.1 Å². The third-order valence-corrected chi connectivity index (χ3v) is 3.30. The SMILES string of the molecule is CC(C)n1cc2c(n1)-c1cc(OB(O)O)ccc1C2. The van der Waals surface area contributed by atoms with Gasteiger partial charge in [-0.3, -0.25) is 4.68 Å². The van der Waals surface area contributed by atoms with Gasteiger partial charge in [-0.2, -0.15) is 5.10 Å².